The monoisotopic (exact) mass is 317 g/mol. The average molecular weight is 317 g/mol. The van der Waals surface area contributed by atoms with Gasteiger partial charge in [0.05, 0.1) is 25.1 Å². The number of likely N-dealkylation sites (tertiary alicyclic amines) is 1. The zero-order valence-electron chi connectivity index (χ0n) is 14.0. The minimum Gasteiger partial charge on any atom is -0.481 e. The van der Waals surface area contributed by atoms with Crippen molar-refractivity contribution in [1.29, 1.82) is 0 Å². The summed E-state index contributed by atoms with van der Waals surface area (Å²) in [4.78, 5) is 6.88. The fourth-order valence-corrected chi connectivity index (χ4v) is 3.28. The van der Waals surface area contributed by atoms with Crippen LogP contribution in [-0.4, -0.2) is 58.7 Å². The predicted octanol–water partition coefficient (Wildman–Crippen LogP) is 1.44. The maximum absolute atomic E-state index is 5.65. The third kappa shape index (κ3) is 3.20. The highest BCUT2D eigenvalue weighted by atomic mass is 16.5. The smallest absolute Gasteiger partial charge is 0.213 e. The Morgan fingerprint density at radius 3 is 2.74 bits per heavy atom. The van der Waals surface area contributed by atoms with Crippen LogP contribution in [0.15, 0.2) is 12.3 Å². The van der Waals surface area contributed by atoms with Crippen molar-refractivity contribution in [3.05, 3.63) is 34.8 Å². The van der Waals surface area contributed by atoms with E-state index in [2.05, 4.69) is 32.2 Å². The summed E-state index contributed by atoms with van der Waals surface area (Å²) in [5, 5.41) is 10.8. The summed E-state index contributed by atoms with van der Waals surface area (Å²) < 4.78 is 10.9. The van der Waals surface area contributed by atoms with Crippen molar-refractivity contribution in [2.75, 3.05) is 27.3 Å². The van der Waals surface area contributed by atoms with Crippen LogP contribution in [0.5, 0.6) is 5.88 Å². The SMILES string of the molecule is COc1cc(C)c(CN2C[C@@H](OC)[C@H](c3cn[nH]n3)C2)c(C)n1. The van der Waals surface area contributed by atoms with Crippen LogP contribution in [0, 0.1) is 13.8 Å². The van der Waals surface area contributed by atoms with Gasteiger partial charge in [0.25, 0.3) is 0 Å². The Hall–Kier alpha value is -1.99. The second kappa shape index (κ2) is 6.64. The first kappa shape index (κ1) is 15.9. The lowest BCUT2D eigenvalue weighted by atomic mass is 10.0. The molecule has 0 aliphatic carbocycles. The van der Waals surface area contributed by atoms with Gasteiger partial charge in [-0.15, -0.1) is 0 Å². The fraction of sp³-hybridized carbons (Fsp3) is 0.562. The number of rotatable bonds is 5. The van der Waals surface area contributed by atoms with Gasteiger partial charge in [0.2, 0.25) is 5.88 Å². The first-order chi connectivity index (χ1) is 11.1. The third-order valence-corrected chi connectivity index (χ3v) is 4.58. The molecule has 0 amide bonds. The normalized spacial score (nSPS) is 21.7. The van der Waals surface area contributed by atoms with E-state index in [1.807, 2.05) is 13.0 Å². The zero-order chi connectivity index (χ0) is 16.4. The molecule has 0 spiro atoms. The van der Waals surface area contributed by atoms with Crippen LogP contribution in [0.3, 0.4) is 0 Å². The lowest BCUT2D eigenvalue weighted by molar-refractivity contribution is 0.0957. The number of nitrogens with zero attached hydrogens (tertiary/aromatic N) is 4. The molecule has 0 unspecified atom stereocenters. The number of pyridine rings is 1. The lowest BCUT2D eigenvalue weighted by Crippen LogP contribution is -2.23. The average Bonchev–Trinajstić information content (AvgIpc) is 3.19. The van der Waals surface area contributed by atoms with E-state index in [-0.39, 0.29) is 12.0 Å². The Kier molecular flexibility index (Phi) is 4.58. The predicted molar refractivity (Wildman–Crippen MR) is 85.5 cm³/mol. The molecule has 0 radical (unpaired) electrons. The van der Waals surface area contributed by atoms with Crippen LogP contribution in [0.1, 0.15) is 28.4 Å². The molecule has 1 saturated heterocycles. The van der Waals surface area contributed by atoms with Crippen molar-refractivity contribution >= 4 is 0 Å². The molecule has 1 N–H and O–H groups in total. The van der Waals surface area contributed by atoms with Gasteiger partial charge in [-0.2, -0.15) is 15.4 Å². The summed E-state index contributed by atoms with van der Waals surface area (Å²) in [5.74, 6) is 0.908. The van der Waals surface area contributed by atoms with Crippen LogP contribution in [0.4, 0.5) is 0 Å². The molecule has 2 aromatic heterocycles. The van der Waals surface area contributed by atoms with Crippen LogP contribution in [-0.2, 0) is 11.3 Å². The molecule has 7 heteroatoms. The quantitative estimate of drug-likeness (QED) is 0.899. The molecule has 3 rings (SSSR count). The molecule has 1 aliphatic rings. The molecule has 3 heterocycles. The Balaban J connectivity index is 1.77. The summed E-state index contributed by atoms with van der Waals surface area (Å²) in [6, 6.07) is 1.99. The molecule has 0 saturated carbocycles. The highest BCUT2D eigenvalue weighted by molar-refractivity contribution is 5.33. The highest BCUT2D eigenvalue weighted by Crippen LogP contribution is 2.30. The highest BCUT2D eigenvalue weighted by Gasteiger charge is 2.35. The molecule has 0 aromatic carbocycles. The van der Waals surface area contributed by atoms with E-state index in [1.54, 1.807) is 20.4 Å². The molecular formula is C16H23N5O2. The van der Waals surface area contributed by atoms with Gasteiger partial charge in [-0.25, -0.2) is 4.98 Å². The molecule has 0 bridgehead atoms. The van der Waals surface area contributed by atoms with E-state index in [4.69, 9.17) is 9.47 Å². The van der Waals surface area contributed by atoms with Gasteiger partial charge in [0, 0.05) is 44.4 Å². The number of methoxy groups -OCH3 is 2. The van der Waals surface area contributed by atoms with Crippen LogP contribution >= 0.6 is 0 Å². The van der Waals surface area contributed by atoms with E-state index in [1.165, 1.54) is 11.1 Å². The summed E-state index contributed by atoms with van der Waals surface area (Å²) in [5.41, 5.74) is 4.43. The van der Waals surface area contributed by atoms with Gasteiger partial charge in [0.1, 0.15) is 0 Å². The molecule has 23 heavy (non-hydrogen) atoms. The van der Waals surface area contributed by atoms with E-state index in [0.29, 0.717) is 5.88 Å². The molecule has 1 aliphatic heterocycles. The summed E-state index contributed by atoms with van der Waals surface area (Å²) in [6.07, 6.45) is 1.91. The number of ether oxygens (including phenoxy) is 2. The molecule has 1 fully saturated rings. The third-order valence-electron chi connectivity index (χ3n) is 4.58. The summed E-state index contributed by atoms with van der Waals surface area (Å²) in [7, 11) is 3.40. The second-order valence-electron chi connectivity index (χ2n) is 6.02. The van der Waals surface area contributed by atoms with Gasteiger partial charge < -0.3 is 9.47 Å². The van der Waals surface area contributed by atoms with Crippen LogP contribution in [0.2, 0.25) is 0 Å². The summed E-state index contributed by atoms with van der Waals surface area (Å²) >= 11 is 0. The number of aromatic nitrogens is 4. The maximum Gasteiger partial charge on any atom is 0.213 e. The fourth-order valence-electron chi connectivity index (χ4n) is 3.28. The van der Waals surface area contributed by atoms with E-state index in [9.17, 15) is 0 Å². The standard InChI is InChI=1S/C16H23N5O2/c1-10-5-16(23-4)18-11(2)12(10)7-21-8-13(15(9-21)22-3)14-6-17-20-19-14/h5-6,13,15H,7-9H2,1-4H3,(H,17,19,20)/t13-,15+/m0/s1. The van der Waals surface area contributed by atoms with Gasteiger partial charge in [-0.1, -0.05) is 0 Å². The van der Waals surface area contributed by atoms with Crippen molar-refractivity contribution in [1.82, 2.24) is 25.3 Å². The lowest BCUT2D eigenvalue weighted by Gasteiger charge is -2.19. The maximum atomic E-state index is 5.65. The van der Waals surface area contributed by atoms with Crippen molar-refractivity contribution in [2.45, 2.75) is 32.4 Å². The Bertz CT molecular complexity index is 635. The minimum atomic E-state index is 0.131. The molecule has 2 aromatic rings. The molecule has 7 nitrogen and oxygen atoms in total. The number of H-pyrrole nitrogens is 1. The Morgan fingerprint density at radius 1 is 1.30 bits per heavy atom. The van der Waals surface area contributed by atoms with Crippen molar-refractivity contribution in [3.8, 4) is 5.88 Å². The first-order valence-corrected chi connectivity index (χ1v) is 7.74. The molecule has 124 valence electrons. The van der Waals surface area contributed by atoms with Crippen LogP contribution < -0.4 is 4.74 Å². The Labute approximate surface area is 136 Å². The largest absolute Gasteiger partial charge is 0.481 e. The molecular weight excluding hydrogens is 294 g/mol. The number of nitrogens with one attached hydrogen (secondary N) is 1. The summed E-state index contributed by atoms with van der Waals surface area (Å²) in [6.45, 7) is 6.76. The zero-order valence-corrected chi connectivity index (χ0v) is 14.0. The van der Waals surface area contributed by atoms with Crippen LogP contribution in [0.25, 0.3) is 0 Å². The van der Waals surface area contributed by atoms with Crippen molar-refractivity contribution in [2.24, 2.45) is 0 Å². The first-order valence-electron chi connectivity index (χ1n) is 7.74. The van der Waals surface area contributed by atoms with E-state index in [0.717, 1.165) is 31.0 Å². The van der Waals surface area contributed by atoms with Crippen molar-refractivity contribution in [3.63, 3.8) is 0 Å². The van der Waals surface area contributed by atoms with Gasteiger partial charge in [-0.3, -0.25) is 4.90 Å². The van der Waals surface area contributed by atoms with Gasteiger partial charge >= 0.3 is 0 Å². The number of aromatic amines is 1. The number of aryl methyl sites for hydroxylation is 2. The topological polar surface area (TPSA) is 76.2 Å². The second-order valence-corrected chi connectivity index (χ2v) is 6.02. The minimum absolute atomic E-state index is 0.131. The van der Waals surface area contributed by atoms with E-state index < -0.39 is 0 Å². The van der Waals surface area contributed by atoms with E-state index >= 15 is 0 Å². The number of hydrogen-bond donors (Lipinski definition) is 1. The number of hydrogen-bond acceptors (Lipinski definition) is 6. The van der Waals surface area contributed by atoms with Crippen molar-refractivity contribution < 1.29 is 9.47 Å². The van der Waals surface area contributed by atoms with Gasteiger partial charge in [0.15, 0.2) is 0 Å². The van der Waals surface area contributed by atoms with Gasteiger partial charge in [-0.05, 0) is 25.0 Å². The molecule has 2 atom stereocenters. The Morgan fingerprint density at radius 2 is 2.13 bits per heavy atom.